The number of carbonyl (C=O) groups is 2. The van der Waals surface area contributed by atoms with Crippen LogP contribution in [0.25, 0.3) is 0 Å². The SMILES string of the molecule is NC(=O)CNS(=O)(=O)c1ccc(CCC(=O)O)cc1. The molecule has 0 saturated heterocycles. The number of benzene rings is 1. The molecule has 4 N–H and O–H groups in total. The Bertz CT molecular complexity index is 565. The van der Waals surface area contributed by atoms with E-state index < -0.39 is 28.4 Å². The summed E-state index contributed by atoms with van der Waals surface area (Å²) in [5, 5.41) is 8.53. The van der Waals surface area contributed by atoms with Gasteiger partial charge in [0, 0.05) is 6.42 Å². The molecule has 0 unspecified atom stereocenters. The van der Waals surface area contributed by atoms with Gasteiger partial charge in [0.05, 0.1) is 11.4 Å². The number of rotatable bonds is 7. The Morgan fingerprint density at radius 3 is 2.26 bits per heavy atom. The van der Waals surface area contributed by atoms with E-state index >= 15 is 0 Å². The van der Waals surface area contributed by atoms with E-state index in [0.717, 1.165) is 5.56 Å². The third-order valence-corrected chi connectivity index (χ3v) is 3.71. The minimum Gasteiger partial charge on any atom is -0.481 e. The Morgan fingerprint density at radius 2 is 1.79 bits per heavy atom. The van der Waals surface area contributed by atoms with Crippen molar-refractivity contribution in [1.82, 2.24) is 4.72 Å². The first-order valence-electron chi connectivity index (χ1n) is 5.40. The van der Waals surface area contributed by atoms with Crippen molar-refractivity contribution in [2.45, 2.75) is 17.7 Å². The highest BCUT2D eigenvalue weighted by molar-refractivity contribution is 7.89. The van der Waals surface area contributed by atoms with Gasteiger partial charge in [-0.2, -0.15) is 0 Å². The summed E-state index contributed by atoms with van der Waals surface area (Å²) in [6.45, 7) is -0.469. The lowest BCUT2D eigenvalue weighted by molar-refractivity contribution is -0.137. The number of nitrogens with one attached hydrogen (secondary N) is 1. The van der Waals surface area contributed by atoms with Gasteiger partial charge in [0.25, 0.3) is 0 Å². The molecule has 0 fully saturated rings. The van der Waals surface area contributed by atoms with Gasteiger partial charge in [-0.1, -0.05) is 12.1 Å². The van der Waals surface area contributed by atoms with Crippen molar-refractivity contribution in [2.24, 2.45) is 5.73 Å². The third kappa shape index (κ3) is 5.06. The monoisotopic (exact) mass is 286 g/mol. The van der Waals surface area contributed by atoms with Gasteiger partial charge in [0.1, 0.15) is 0 Å². The van der Waals surface area contributed by atoms with Crippen molar-refractivity contribution in [2.75, 3.05) is 6.54 Å². The second-order valence-electron chi connectivity index (χ2n) is 3.83. The lowest BCUT2D eigenvalue weighted by Crippen LogP contribution is -2.33. The molecule has 0 saturated carbocycles. The number of carboxylic acids is 1. The Kier molecular flexibility index (Phi) is 5.02. The number of sulfonamides is 1. The standard InChI is InChI=1S/C11H14N2O5S/c12-10(14)7-13-19(17,18)9-4-1-8(2-5-9)3-6-11(15)16/h1-2,4-5,13H,3,6-7H2,(H2,12,14)(H,15,16). The molecule has 0 heterocycles. The van der Waals surface area contributed by atoms with Gasteiger partial charge < -0.3 is 10.8 Å². The topological polar surface area (TPSA) is 127 Å². The van der Waals surface area contributed by atoms with Gasteiger partial charge in [0.2, 0.25) is 15.9 Å². The van der Waals surface area contributed by atoms with E-state index in [-0.39, 0.29) is 11.3 Å². The lowest BCUT2D eigenvalue weighted by atomic mass is 10.1. The van der Waals surface area contributed by atoms with Crippen molar-refractivity contribution in [3.05, 3.63) is 29.8 Å². The van der Waals surface area contributed by atoms with E-state index in [1.54, 1.807) is 0 Å². The summed E-state index contributed by atoms with van der Waals surface area (Å²) in [6, 6.07) is 5.75. The van der Waals surface area contributed by atoms with Crippen LogP contribution >= 0.6 is 0 Å². The molecule has 0 spiro atoms. The van der Waals surface area contributed by atoms with Crippen LogP contribution in [0.15, 0.2) is 29.2 Å². The van der Waals surface area contributed by atoms with Gasteiger partial charge >= 0.3 is 5.97 Å². The van der Waals surface area contributed by atoms with Gasteiger partial charge in [-0.3, -0.25) is 9.59 Å². The first-order valence-corrected chi connectivity index (χ1v) is 6.88. The third-order valence-electron chi connectivity index (χ3n) is 2.30. The molecule has 1 amide bonds. The van der Waals surface area contributed by atoms with Crippen LogP contribution in [0.1, 0.15) is 12.0 Å². The number of carboxylic acid groups (broad SMARTS) is 1. The molecule has 0 radical (unpaired) electrons. The Labute approximate surface area is 110 Å². The summed E-state index contributed by atoms with van der Waals surface area (Å²) in [6.07, 6.45) is 0.302. The molecule has 0 bridgehead atoms. The molecule has 104 valence electrons. The molecule has 7 nitrogen and oxygen atoms in total. The number of hydrogen-bond donors (Lipinski definition) is 3. The second kappa shape index (κ2) is 6.30. The van der Waals surface area contributed by atoms with Crippen molar-refractivity contribution in [3.8, 4) is 0 Å². The van der Waals surface area contributed by atoms with Crippen LogP contribution in [0, 0.1) is 0 Å². The van der Waals surface area contributed by atoms with Crippen LogP contribution in [0.2, 0.25) is 0 Å². The number of primary amides is 1. The fraction of sp³-hybridized carbons (Fsp3) is 0.273. The second-order valence-corrected chi connectivity index (χ2v) is 5.60. The maximum absolute atomic E-state index is 11.7. The normalized spacial score (nSPS) is 11.2. The highest BCUT2D eigenvalue weighted by Gasteiger charge is 2.14. The number of hydrogen-bond acceptors (Lipinski definition) is 4. The predicted molar refractivity (Wildman–Crippen MR) is 66.8 cm³/mol. The Hall–Kier alpha value is -1.93. The highest BCUT2D eigenvalue weighted by Crippen LogP contribution is 2.11. The van der Waals surface area contributed by atoms with Crippen LogP contribution < -0.4 is 10.5 Å². The quantitative estimate of drug-likeness (QED) is 0.621. The smallest absolute Gasteiger partial charge is 0.303 e. The molecular formula is C11H14N2O5S. The maximum atomic E-state index is 11.7. The van der Waals surface area contributed by atoms with Crippen LogP contribution in [0.3, 0.4) is 0 Å². The Balaban J connectivity index is 2.74. The van der Waals surface area contributed by atoms with Gasteiger partial charge in [-0.05, 0) is 24.1 Å². The minimum atomic E-state index is -3.77. The van der Waals surface area contributed by atoms with Crippen LogP contribution in [0.5, 0.6) is 0 Å². The van der Waals surface area contributed by atoms with E-state index in [1.807, 2.05) is 4.72 Å². The molecule has 0 aromatic heterocycles. The average Bonchev–Trinajstić information content (AvgIpc) is 2.34. The summed E-state index contributed by atoms with van der Waals surface area (Å²) in [5.74, 6) is -1.69. The highest BCUT2D eigenvalue weighted by atomic mass is 32.2. The van der Waals surface area contributed by atoms with Crippen LogP contribution in [-0.4, -0.2) is 31.9 Å². The molecule has 1 aromatic carbocycles. The number of aryl methyl sites for hydroxylation is 1. The largest absolute Gasteiger partial charge is 0.481 e. The molecule has 0 aliphatic rings. The average molecular weight is 286 g/mol. The molecule has 19 heavy (non-hydrogen) atoms. The predicted octanol–water partition coefficient (Wildman–Crippen LogP) is -0.533. The molecule has 0 atom stereocenters. The molecule has 1 rings (SSSR count). The summed E-state index contributed by atoms with van der Waals surface area (Å²) in [7, 11) is -3.77. The molecular weight excluding hydrogens is 272 g/mol. The summed E-state index contributed by atoms with van der Waals surface area (Å²) in [5.41, 5.74) is 5.57. The summed E-state index contributed by atoms with van der Waals surface area (Å²) in [4.78, 5) is 20.9. The minimum absolute atomic E-state index is 0.00664. The zero-order valence-electron chi connectivity index (χ0n) is 10.00. The van der Waals surface area contributed by atoms with Gasteiger partial charge in [0.15, 0.2) is 0 Å². The molecule has 8 heteroatoms. The molecule has 0 aliphatic heterocycles. The van der Waals surface area contributed by atoms with Crippen molar-refractivity contribution >= 4 is 21.9 Å². The van der Waals surface area contributed by atoms with Crippen molar-refractivity contribution < 1.29 is 23.1 Å². The summed E-state index contributed by atoms with van der Waals surface area (Å²) < 4.78 is 25.5. The van der Waals surface area contributed by atoms with Gasteiger partial charge in [-0.15, -0.1) is 0 Å². The van der Waals surface area contributed by atoms with E-state index in [4.69, 9.17) is 10.8 Å². The van der Waals surface area contributed by atoms with Crippen molar-refractivity contribution in [1.29, 1.82) is 0 Å². The van der Waals surface area contributed by atoms with Crippen molar-refractivity contribution in [3.63, 3.8) is 0 Å². The van der Waals surface area contributed by atoms with Crippen LogP contribution in [0.4, 0.5) is 0 Å². The Morgan fingerprint density at radius 1 is 1.21 bits per heavy atom. The number of aliphatic carboxylic acids is 1. The molecule has 1 aromatic rings. The fourth-order valence-corrected chi connectivity index (χ4v) is 2.33. The zero-order valence-corrected chi connectivity index (χ0v) is 10.8. The van der Waals surface area contributed by atoms with E-state index in [0.29, 0.717) is 6.42 Å². The number of carbonyl (C=O) groups excluding carboxylic acids is 1. The zero-order chi connectivity index (χ0) is 14.5. The van der Waals surface area contributed by atoms with E-state index in [9.17, 15) is 18.0 Å². The fourth-order valence-electron chi connectivity index (χ4n) is 1.34. The molecule has 0 aliphatic carbocycles. The lowest BCUT2D eigenvalue weighted by Gasteiger charge is -2.06. The first kappa shape index (κ1) is 15.1. The van der Waals surface area contributed by atoms with E-state index in [2.05, 4.69) is 0 Å². The maximum Gasteiger partial charge on any atom is 0.303 e. The number of nitrogens with two attached hydrogens (primary N) is 1. The number of amides is 1. The first-order chi connectivity index (χ1) is 8.81. The van der Waals surface area contributed by atoms with Gasteiger partial charge in [-0.25, -0.2) is 13.1 Å². The van der Waals surface area contributed by atoms with Crippen LogP contribution in [-0.2, 0) is 26.0 Å². The summed E-state index contributed by atoms with van der Waals surface area (Å²) >= 11 is 0. The van der Waals surface area contributed by atoms with E-state index in [1.165, 1.54) is 24.3 Å².